The lowest BCUT2D eigenvalue weighted by molar-refractivity contribution is -0.181. The van der Waals surface area contributed by atoms with Crippen LogP contribution < -0.4 is 5.32 Å². The van der Waals surface area contributed by atoms with Crippen LogP contribution in [0.15, 0.2) is 48.5 Å². The van der Waals surface area contributed by atoms with Gasteiger partial charge in [-0.1, -0.05) is 41.9 Å². The summed E-state index contributed by atoms with van der Waals surface area (Å²) in [7, 11) is 0. The van der Waals surface area contributed by atoms with Crippen LogP contribution in [0.1, 0.15) is 24.5 Å². The van der Waals surface area contributed by atoms with E-state index in [1.165, 1.54) is 11.8 Å². The Labute approximate surface area is 203 Å². The van der Waals surface area contributed by atoms with Crippen molar-refractivity contribution in [2.24, 2.45) is 0 Å². The number of amides is 3. The van der Waals surface area contributed by atoms with Gasteiger partial charge in [-0.05, 0) is 35.7 Å². The lowest BCUT2D eigenvalue weighted by Gasteiger charge is -2.58. The maximum absolute atomic E-state index is 13.7. The third-order valence-corrected chi connectivity index (χ3v) is 7.33. The van der Waals surface area contributed by atoms with Crippen molar-refractivity contribution in [3.8, 4) is 0 Å². The topological polar surface area (TPSA) is 93.2 Å². The van der Waals surface area contributed by atoms with Crippen molar-refractivity contribution in [2.45, 2.75) is 44.1 Å². The molecule has 3 aliphatic rings. The Balaban J connectivity index is 1.34. The Bertz CT molecular complexity index is 1130. The summed E-state index contributed by atoms with van der Waals surface area (Å²) >= 11 is 6.31. The summed E-state index contributed by atoms with van der Waals surface area (Å²) in [5.41, 5.74) is 1.70. The molecule has 3 heterocycles. The van der Waals surface area contributed by atoms with E-state index in [2.05, 4.69) is 10.2 Å². The highest BCUT2D eigenvalue weighted by Crippen LogP contribution is 2.41. The van der Waals surface area contributed by atoms with Gasteiger partial charge in [-0.3, -0.25) is 29.1 Å². The predicted molar refractivity (Wildman–Crippen MR) is 127 cm³/mol. The summed E-state index contributed by atoms with van der Waals surface area (Å²) in [6.45, 7) is 3.53. The number of anilines is 1. The van der Waals surface area contributed by atoms with E-state index in [1.807, 2.05) is 47.4 Å². The average Bonchev–Trinajstić information content (AvgIpc) is 3.17. The molecule has 3 aliphatic heterocycles. The second-order valence-corrected chi connectivity index (χ2v) is 9.84. The molecule has 2 atom stereocenters. The first kappa shape index (κ1) is 23.0. The number of fused-ring (bicyclic) bond motifs is 2. The highest BCUT2D eigenvalue weighted by atomic mass is 35.5. The summed E-state index contributed by atoms with van der Waals surface area (Å²) in [5.74, 6) is -0.606. The quantitative estimate of drug-likeness (QED) is 0.632. The number of imide groups is 1. The van der Waals surface area contributed by atoms with Crippen molar-refractivity contribution in [3.05, 3.63) is 64.7 Å². The van der Waals surface area contributed by atoms with Crippen LogP contribution >= 0.6 is 11.6 Å². The standard InChI is InChI=1S/C25H27ClN4O4/c1-16(31)27-19-8-6-17(7-9-19)11-28-14-25(15-28)24(34)29(12-18-4-2-3-5-21(18)26)23(33)22-10-20(32)13-30(22)25/h2-9,20,22,32H,10-15H2,1H3,(H,27,31)/t20-,22+/m1/s1. The fourth-order valence-corrected chi connectivity index (χ4v) is 5.59. The molecule has 9 heteroatoms. The molecule has 34 heavy (non-hydrogen) atoms. The largest absolute Gasteiger partial charge is 0.392 e. The van der Waals surface area contributed by atoms with Gasteiger partial charge in [0.2, 0.25) is 11.8 Å². The molecule has 3 saturated heterocycles. The predicted octanol–water partition coefficient (Wildman–Crippen LogP) is 1.86. The van der Waals surface area contributed by atoms with Crippen molar-refractivity contribution >= 4 is 35.0 Å². The number of piperazine rings is 1. The number of hydrogen-bond acceptors (Lipinski definition) is 6. The zero-order valence-electron chi connectivity index (χ0n) is 18.9. The lowest BCUT2D eigenvalue weighted by atomic mass is 9.82. The number of likely N-dealkylation sites (tertiary alicyclic amines) is 1. The molecule has 0 aromatic heterocycles. The van der Waals surface area contributed by atoms with E-state index in [1.54, 1.807) is 6.07 Å². The van der Waals surface area contributed by atoms with Crippen molar-refractivity contribution < 1.29 is 19.5 Å². The Kier molecular flexibility index (Phi) is 5.93. The molecule has 3 fully saturated rings. The van der Waals surface area contributed by atoms with E-state index >= 15 is 0 Å². The van der Waals surface area contributed by atoms with Gasteiger partial charge in [-0.25, -0.2) is 0 Å². The minimum Gasteiger partial charge on any atom is -0.392 e. The van der Waals surface area contributed by atoms with Gasteiger partial charge in [0.25, 0.3) is 5.91 Å². The Morgan fingerprint density at radius 1 is 1.12 bits per heavy atom. The van der Waals surface area contributed by atoms with Crippen LogP contribution in [0.5, 0.6) is 0 Å². The number of carbonyl (C=O) groups excluding carboxylic acids is 3. The van der Waals surface area contributed by atoms with Crippen LogP contribution in [0, 0.1) is 0 Å². The monoisotopic (exact) mass is 482 g/mol. The minimum absolute atomic E-state index is 0.119. The molecule has 0 aliphatic carbocycles. The van der Waals surface area contributed by atoms with Gasteiger partial charge in [-0.2, -0.15) is 0 Å². The summed E-state index contributed by atoms with van der Waals surface area (Å²) in [6, 6.07) is 14.3. The number of nitrogens with zero attached hydrogens (tertiary/aromatic N) is 3. The third-order valence-electron chi connectivity index (χ3n) is 6.96. The van der Waals surface area contributed by atoms with E-state index in [9.17, 15) is 19.5 Å². The number of β-amino-alcohol motifs (C(OH)–C–C–N with tert-alkyl or cyclic N) is 1. The smallest absolute Gasteiger partial charge is 0.252 e. The van der Waals surface area contributed by atoms with Crippen LogP contribution in [0.3, 0.4) is 0 Å². The maximum atomic E-state index is 13.7. The first-order valence-electron chi connectivity index (χ1n) is 11.4. The lowest BCUT2D eigenvalue weighted by Crippen LogP contribution is -2.81. The fourth-order valence-electron chi connectivity index (χ4n) is 5.40. The SMILES string of the molecule is CC(=O)Nc1ccc(CN2CC3(C2)C(=O)N(Cc2ccccc2Cl)C(=O)[C@@H]2C[C@@H](O)CN23)cc1. The van der Waals surface area contributed by atoms with Gasteiger partial charge in [0, 0.05) is 43.8 Å². The summed E-state index contributed by atoms with van der Waals surface area (Å²) in [6.07, 6.45) is -0.299. The number of aliphatic hydroxyl groups is 1. The molecular weight excluding hydrogens is 456 g/mol. The second-order valence-electron chi connectivity index (χ2n) is 9.43. The van der Waals surface area contributed by atoms with E-state index < -0.39 is 17.7 Å². The molecule has 0 unspecified atom stereocenters. The van der Waals surface area contributed by atoms with Crippen LogP contribution in [-0.4, -0.2) is 74.8 Å². The first-order chi connectivity index (χ1) is 16.3. The zero-order chi connectivity index (χ0) is 24.0. The molecule has 3 amide bonds. The van der Waals surface area contributed by atoms with E-state index in [-0.39, 0.29) is 24.3 Å². The van der Waals surface area contributed by atoms with Gasteiger partial charge in [0.05, 0.1) is 18.7 Å². The number of rotatable bonds is 5. The maximum Gasteiger partial charge on any atom is 0.252 e. The van der Waals surface area contributed by atoms with Gasteiger partial charge < -0.3 is 10.4 Å². The highest BCUT2D eigenvalue weighted by molar-refractivity contribution is 6.31. The molecule has 5 rings (SSSR count). The number of benzene rings is 2. The van der Waals surface area contributed by atoms with Crippen LogP contribution in [0.2, 0.25) is 5.02 Å². The first-order valence-corrected chi connectivity index (χ1v) is 11.8. The molecule has 178 valence electrons. The molecule has 0 saturated carbocycles. The Morgan fingerprint density at radius 3 is 2.50 bits per heavy atom. The molecular formula is C25H27ClN4O4. The van der Waals surface area contributed by atoms with E-state index in [0.29, 0.717) is 37.6 Å². The molecule has 2 aromatic carbocycles. The van der Waals surface area contributed by atoms with Crippen molar-refractivity contribution in [2.75, 3.05) is 25.0 Å². The third kappa shape index (κ3) is 4.01. The Morgan fingerprint density at radius 2 is 1.82 bits per heavy atom. The van der Waals surface area contributed by atoms with Gasteiger partial charge in [0.1, 0.15) is 5.54 Å². The highest BCUT2D eigenvalue weighted by Gasteiger charge is 2.64. The molecule has 2 N–H and O–H groups in total. The van der Waals surface area contributed by atoms with Crippen molar-refractivity contribution in [3.63, 3.8) is 0 Å². The fraction of sp³-hybridized carbons (Fsp3) is 0.400. The van der Waals surface area contributed by atoms with Crippen LogP contribution in [0.25, 0.3) is 0 Å². The zero-order valence-corrected chi connectivity index (χ0v) is 19.7. The molecule has 0 bridgehead atoms. The summed E-state index contributed by atoms with van der Waals surface area (Å²) < 4.78 is 0. The molecule has 8 nitrogen and oxygen atoms in total. The minimum atomic E-state index is -0.826. The van der Waals surface area contributed by atoms with Crippen molar-refractivity contribution in [1.29, 1.82) is 0 Å². The van der Waals surface area contributed by atoms with Gasteiger partial charge >= 0.3 is 0 Å². The summed E-state index contributed by atoms with van der Waals surface area (Å²) in [4.78, 5) is 43.6. The number of nitrogens with one attached hydrogen (secondary N) is 1. The number of aliphatic hydroxyl groups excluding tert-OH is 1. The molecule has 2 aromatic rings. The number of hydrogen-bond donors (Lipinski definition) is 2. The molecule has 0 radical (unpaired) electrons. The van der Waals surface area contributed by atoms with E-state index in [0.717, 1.165) is 16.8 Å². The van der Waals surface area contributed by atoms with Gasteiger partial charge in [-0.15, -0.1) is 0 Å². The number of halogens is 1. The average molecular weight is 483 g/mol. The summed E-state index contributed by atoms with van der Waals surface area (Å²) in [5, 5.41) is 13.6. The number of carbonyl (C=O) groups is 3. The second kappa shape index (κ2) is 8.78. The molecule has 1 spiro atoms. The van der Waals surface area contributed by atoms with Crippen molar-refractivity contribution in [1.82, 2.24) is 14.7 Å². The van der Waals surface area contributed by atoms with Crippen LogP contribution in [-0.2, 0) is 27.5 Å². The Hall–Kier alpha value is -2.78. The van der Waals surface area contributed by atoms with Gasteiger partial charge in [0.15, 0.2) is 0 Å². The van der Waals surface area contributed by atoms with Crippen LogP contribution in [0.4, 0.5) is 5.69 Å². The van der Waals surface area contributed by atoms with E-state index in [4.69, 9.17) is 11.6 Å². The normalized spacial score (nSPS) is 24.3.